The molecule has 162 valence electrons. The number of carbonyl (C=O) groups is 2. The third-order valence-electron chi connectivity index (χ3n) is 6.64. The molecule has 2 saturated carbocycles. The predicted octanol–water partition coefficient (Wildman–Crippen LogP) is 4.71. The van der Waals surface area contributed by atoms with E-state index in [2.05, 4.69) is 11.7 Å². The fourth-order valence-corrected chi connectivity index (χ4v) is 4.76. The highest BCUT2D eigenvalue weighted by Crippen LogP contribution is 2.63. The van der Waals surface area contributed by atoms with Gasteiger partial charge in [0, 0.05) is 0 Å². The van der Waals surface area contributed by atoms with Crippen LogP contribution in [0.15, 0.2) is 0 Å². The summed E-state index contributed by atoms with van der Waals surface area (Å²) in [4.78, 5) is 25.2. The first-order valence-corrected chi connectivity index (χ1v) is 9.89. The number of hydrogen-bond acceptors (Lipinski definition) is 4. The first-order valence-electron chi connectivity index (χ1n) is 9.89. The summed E-state index contributed by atoms with van der Waals surface area (Å²) in [5.41, 5.74) is -1.27. The highest BCUT2D eigenvalue weighted by molar-refractivity contribution is 5.84. The Morgan fingerprint density at radius 2 is 1.79 bits per heavy atom. The number of hydrogen-bond donors (Lipinski definition) is 0. The van der Waals surface area contributed by atoms with Crippen LogP contribution in [0.5, 0.6) is 0 Å². The molecule has 2 fully saturated rings. The lowest BCUT2D eigenvalue weighted by Gasteiger charge is -2.40. The Morgan fingerprint density at radius 3 is 2.29 bits per heavy atom. The molecule has 0 spiro atoms. The van der Waals surface area contributed by atoms with Gasteiger partial charge in [0.25, 0.3) is 0 Å². The van der Waals surface area contributed by atoms with Crippen LogP contribution in [0.4, 0.5) is 17.6 Å². The van der Waals surface area contributed by atoms with Gasteiger partial charge in [-0.3, -0.25) is 9.59 Å². The second-order valence-electron chi connectivity index (χ2n) is 8.90. The second kappa shape index (κ2) is 8.57. The molecular formula is C20H30F4O4. The molecule has 2 bridgehead atoms. The molecule has 0 radical (unpaired) electrons. The number of rotatable bonds is 9. The molecule has 0 aliphatic heterocycles. The smallest absolute Gasteiger partial charge is 0.340 e. The van der Waals surface area contributed by atoms with Gasteiger partial charge < -0.3 is 9.47 Å². The summed E-state index contributed by atoms with van der Waals surface area (Å²) in [6.07, 6.45) is -2.48. The molecule has 2 rings (SSSR count). The fourth-order valence-electron chi connectivity index (χ4n) is 4.76. The average Bonchev–Trinajstić information content (AvgIpc) is 3.09. The van der Waals surface area contributed by atoms with Crippen LogP contribution in [0.3, 0.4) is 0 Å². The van der Waals surface area contributed by atoms with Gasteiger partial charge in [-0.25, -0.2) is 8.78 Å². The van der Waals surface area contributed by atoms with Crippen LogP contribution in [0.2, 0.25) is 0 Å². The number of carbonyl (C=O) groups excluding carboxylic acids is 2. The summed E-state index contributed by atoms with van der Waals surface area (Å²) < 4.78 is 61.1. The van der Waals surface area contributed by atoms with E-state index in [0.29, 0.717) is 31.1 Å². The third kappa shape index (κ3) is 4.62. The minimum absolute atomic E-state index is 0.102. The first kappa shape index (κ1) is 22.9. The van der Waals surface area contributed by atoms with Crippen molar-refractivity contribution in [1.82, 2.24) is 0 Å². The van der Waals surface area contributed by atoms with Crippen LogP contribution in [0, 0.1) is 35.0 Å². The maximum Gasteiger partial charge on any atom is 0.340 e. The highest BCUT2D eigenvalue weighted by Gasteiger charge is 2.63. The Kier molecular flexibility index (Phi) is 7.03. The van der Waals surface area contributed by atoms with Gasteiger partial charge in [-0.2, -0.15) is 8.78 Å². The maximum atomic E-state index is 13.2. The molecule has 2 aliphatic rings. The molecular weight excluding hydrogens is 380 g/mol. The summed E-state index contributed by atoms with van der Waals surface area (Å²) in [6, 6.07) is 0. The number of esters is 2. The van der Waals surface area contributed by atoms with Crippen molar-refractivity contribution in [3.8, 4) is 0 Å². The van der Waals surface area contributed by atoms with Crippen molar-refractivity contribution >= 4 is 11.9 Å². The van der Waals surface area contributed by atoms with Crippen LogP contribution in [0.25, 0.3) is 0 Å². The van der Waals surface area contributed by atoms with E-state index >= 15 is 0 Å². The van der Waals surface area contributed by atoms with Gasteiger partial charge in [0.1, 0.15) is 0 Å². The molecule has 0 aromatic rings. The minimum atomic E-state index is -4.41. The number of halogens is 4. The molecule has 0 aromatic carbocycles. The summed E-state index contributed by atoms with van der Waals surface area (Å²) in [5, 5.41) is 0. The fraction of sp³-hybridized carbons (Fsp3) is 0.900. The zero-order valence-corrected chi connectivity index (χ0v) is 16.9. The van der Waals surface area contributed by atoms with E-state index in [1.165, 1.54) is 0 Å². The average molecular weight is 410 g/mol. The second-order valence-corrected chi connectivity index (χ2v) is 8.90. The molecule has 0 N–H and O–H groups in total. The summed E-state index contributed by atoms with van der Waals surface area (Å²) in [7, 11) is 0. The molecule has 5 unspecified atom stereocenters. The van der Waals surface area contributed by atoms with Crippen molar-refractivity contribution in [1.29, 1.82) is 0 Å². The van der Waals surface area contributed by atoms with Crippen LogP contribution >= 0.6 is 0 Å². The molecule has 0 heterocycles. The van der Waals surface area contributed by atoms with E-state index in [4.69, 9.17) is 4.74 Å². The zero-order valence-electron chi connectivity index (χ0n) is 16.9. The van der Waals surface area contributed by atoms with E-state index < -0.39 is 36.3 Å². The topological polar surface area (TPSA) is 52.6 Å². The number of fused-ring (bicyclic) bond motifs is 2. The molecule has 0 saturated heterocycles. The van der Waals surface area contributed by atoms with Gasteiger partial charge in [0.2, 0.25) is 0 Å². The molecule has 8 heteroatoms. The van der Waals surface area contributed by atoms with Crippen molar-refractivity contribution in [2.24, 2.45) is 35.0 Å². The molecule has 0 amide bonds. The van der Waals surface area contributed by atoms with Crippen molar-refractivity contribution in [3.05, 3.63) is 0 Å². The van der Waals surface area contributed by atoms with Crippen molar-refractivity contribution in [2.45, 2.75) is 65.7 Å². The summed E-state index contributed by atoms with van der Waals surface area (Å²) >= 11 is 0. The molecule has 4 nitrogen and oxygen atoms in total. The van der Waals surface area contributed by atoms with Gasteiger partial charge in [-0.1, -0.05) is 27.7 Å². The molecule has 28 heavy (non-hydrogen) atoms. The van der Waals surface area contributed by atoms with Crippen LogP contribution in [-0.2, 0) is 19.1 Å². The molecule has 5 atom stereocenters. The zero-order chi connectivity index (χ0) is 21.3. The largest absolute Gasteiger partial charge is 0.466 e. The van der Waals surface area contributed by atoms with E-state index in [1.54, 1.807) is 0 Å². The molecule has 2 aliphatic carbocycles. The number of alkyl halides is 4. The SMILES string of the molecule is CC(C)CCOC(=O)CC1(C(=O)OCC(F)(F)C(F)F)CC2CC1C(C)C2C. The molecule has 0 aromatic heterocycles. The van der Waals surface area contributed by atoms with Gasteiger partial charge in [-0.15, -0.1) is 0 Å². The van der Waals surface area contributed by atoms with Crippen LogP contribution < -0.4 is 0 Å². The minimum Gasteiger partial charge on any atom is -0.466 e. The Balaban J connectivity index is 2.12. The van der Waals surface area contributed by atoms with Crippen molar-refractivity contribution < 1.29 is 36.6 Å². The van der Waals surface area contributed by atoms with E-state index in [1.807, 2.05) is 20.8 Å². The monoisotopic (exact) mass is 410 g/mol. The van der Waals surface area contributed by atoms with Crippen LogP contribution in [-0.4, -0.2) is 37.5 Å². The summed E-state index contributed by atoms with van der Waals surface area (Å²) in [5.74, 6) is -5.23. The quantitative estimate of drug-likeness (QED) is 0.408. The Labute approximate surface area is 163 Å². The van der Waals surface area contributed by atoms with Crippen molar-refractivity contribution in [2.75, 3.05) is 13.2 Å². The Hall–Kier alpha value is -1.34. The Morgan fingerprint density at radius 1 is 1.14 bits per heavy atom. The van der Waals surface area contributed by atoms with E-state index in [9.17, 15) is 27.2 Å². The third-order valence-corrected chi connectivity index (χ3v) is 6.64. The van der Waals surface area contributed by atoms with Gasteiger partial charge in [0.15, 0.2) is 6.61 Å². The van der Waals surface area contributed by atoms with E-state index in [-0.39, 0.29) is 30.8 Å². The number of ether oxygens (including phenoxy) is 2. The van der Waals surface area contributed by atoms with E-state index in [0.717, 1.165) is 0 Å². The predicted molar refractivity (Wildman–Crippen MR) is 93.9 cm³/mol. The van der Waals surface area contributed by atoms with Gasteiger partial charge in [0.05, 0.1) is 18.4 Å². The van der Waals surface area contributed by atoms with Crippen molar-refractivity contribution in [3.63, 3.8) is 0 Å². The normalized spacial score (nSPS) is 32.2. The van der Waals surface area contributed by atoms with Crippen LogP contribution in [0.1, 0.15) is 53.4 Å². The van der Waals surface area contributed by atoms with Gasteiger partial charge >= 0.3 is 24.3 Å². The van der Waals surface area contributed by atoms with Gasteiger partial charge in [-0.05, 0) is 48.9 Å². The standard InChI is InChI=1S/C20H30F4O4/c1-11(2)5-6-27-16(25)9-19(8-14-7-15(19)13(4)12(14)3)18(26)28-10-20(23,24)17(21)22/h11-15,17H,5-10H2,1-4H3. The Bertz CT molecular complexity index is 579. The summed E-state index contributed by atoms with van der Waals surface area (Å²) in [6.45, 7) is 6.52. The lowest BCUT2D eigenvalue weighted by atomic mass is 9.64. The maximum absolute atomic E-state index is 13.2. The lowest BCUT2D eigenvalue weighted by molar-refractivity contribution is -0.193. The highest BCUT2D eigenvalue weighted by atomic mass is 19.3. The lowest BCUT2D eigenvalue weighted by Crippen LogP contribution is -2.46. The first-order chi connectivity index (χ1) is 12.9.